The second-order valence-electron chi connectivity index (χ2n) is 10.0. The molecule has 4 rings (SSSR count). The van der Waals surface area contributed by atoms with E-state index < -0.39 is 6.04 Å². The van der Waals surface area contributed by atoms with Crippen LogP contribution >= 0.6 is 23.2 Å². The summed E-state index contributed by atoms with van der Waals surface area (Å²) in [4.78, 5) is 30.5. The first-order chi connectivity index (χ1) is 15.5. The highest BCUT2D eigenvalue weighted by Crippen LogP contribution is 2.49. The molecule has 1 N–H and O–H groups in total. The number of amides is 1. The quantitative estimate of drug-likeness (QED) is 0.560. The van der Waals surface area contributed by atoms with Gasteiger partial charge < -0.3 is 10.2 Å². The minimum absolute atomic E-state index is 0.0253. The average molecular weight is 486 g/mol. The molecule has 0 saturated carbocycles. The number of nitrogens with one attached hydrogen (secondary N) is 1. The first kappa shape index (κ1) is 23.8. The Morgan fingerprint density at radius 2 is 1.88 bits per heavy atom. The third-order valence-corrected chi connectivity index (χ3v) is 6.72. The molecule has 7 heteroatoms. The Labute approximate surface area is 205 Å². The van der Waals surface area contributed by atoms with Crippen LogP contribution in [-0.2, 0) is 16.1 Å². The number of ketones is 1. The summed E-state index contributed by atoms with van der Waals surface area (Å²) in [7, 11) is 4.03. The zero-order chi connectivity index (χ0) is 24.1. The summed E-state index contributed by atoms with van der Waals surface area (Å²) in [6, 6.07) is 10.6. The fourth-order valence-corrected chi connectivity index (χ4v) is 5.43. The summed E-state index contributed by atoms with van der Waals surface area (Å²) in [6.45, 7) is 6.48. The number of benzene rings is 2. The molecule has 33 heavy (non-hydrogen) atoms. The first-order valence-corrected chi connectivity index (χ1v) is 11.8. The maximum absolute atomic E-state index is 13.6. The molecule has 0 bridgehead atoms. The standard InChI is InChI=1S/C26H29Cl2N3O2/c1-15(32)31-22-9-6-16(14-30(4)5)10-20(22)29-21-12-26(2,3)13-23(33)24(21)25(31)18-8-7-17(27)11-19(18)28/h6-11,25,29H,12-14H2,1-5H3. The van der Waals surface area contributed by atoms with Gasteiger partial charge in [-0.25, -0.2) is 0 Å². The highest BCUT2D eigenvalue weighted by Gasteiger charge is 2.43. The summed E-state index contributed by atoms with van der Waals surface area (Å²) in [6.07, 6.45) is 1.10. The zero-order valence-corrected chi connectivity index (χ0v) is 21.1. The van der Waals surface area contributed by atoms with E-state index in [9.17, 15) is 9.59 Å². The van der Waals surface area contributed by atoms with Gasteiger partial charge in [0.2, 0.25) is 5.91 Å². The van der Waals surface area contributed by atoms with Gasteiger partial charge in [0.1, 0.15) is 0 Å². The van der Waals surface area contributed by atoms with Crippen LogP contribution in [0.2, 0.25) is 10.0 Å². The Hall–Kier alpha value is -2.34. The number of fused-ring (bicyclic) bond motifs is 1. The van der Waals surface area contributed by atoms with Crippen molar-refractivity contribution in [3.8, 4) is 0 Å². The van der Waals surface area contributed by atoms with E-state index in [-0.39, 0.29) is 17.1 Å². The van der Waals surface area contributed by atoms with Gasteiger partial charge in [0, 0.05) is 41.2 Å². The molecule has 1 unspecified atom stereocenters. The summed E-state index contributed by atoms with van der Waals surface area (Å²) in [5, 5.41) is 4.48. The molecule has 2 aromatic carbocycles. The molecule has 0 fully saturated rings. The number of anilines is 2. The van der Waals surface area contributed by atoms with Crippen molar-refractivity contribution < 1.29 is 9.59 Å². The minimum atomic E-state index is -0.640. The summed E-state index contributed by atoms with van der Waals surface area (Å²) < 4.78 is 0. The van der Waals surface area contributed by atoms with E-state index in [1.807, 2.05) is 32.3 Å². The number of hydrogen-bond acceptors (Lipinski definition) is 4. The molecule has 2 aromatic rings. The van der Waals surface area contributed by atoms with Crippen LogP contribution in [0.1, 0.15) is 50.8 Å². The maximum Gasteiger partial charge on any atom is 0.224 e. The third kappa shape index (κ3) is 4.68. The molecule has 0 radical (unpaired) electrons. The van der Waals surface area contributed by atoms with E-state index in [0.717, 1.165) is 29.2 Å². The average Bonchev–Trinajstić information content (AvgIpc) is 2.80. The molecule has 0 aromatic heterocycles. The number of Topliss-reactive ketones (excluding diaryl/α,β-unsaturated/α-hetero) is 1. The lowest BCUT2D eigenvalue weighted by molar-refractivity contribution is -0.118. The van der Waals surface area contributed by atoms with Gasteiger partial charge in [-0.2, -0.15) is 0 Å². The van der Waals surface area contributed by atoms with Gasteiger partial charge in [-0.3, -0.25) is 14.5 Å². The predicted molar refractivity (Wildman–Crippen MR) is 135 cm³/mol. The highest BCUT2D eigenvalue weighted by molar-refractivity contribution is 6.35. The summed E-state index contributed by atoms with van der Waals surface area (Å²) in [5.41, 5.74) is 4.59. The van der Waals surface area contributed by atoms with Gasteiger partial charge >= 0.3 is 0 Å². The van der Waals surface area contributed by atoms with Crippen LogP contribution in [0.5, 0.6) is 0 Å². The van der Waals surface area contributed by atoms with Crippen LogP contribution in [0, 0.1) is 5.41 Å². The number of allylic oxidation sites excluding steroid dienone is 1. The topological polar surface area (TPSA) is 52.7 Å². The fraction of sp³-hybridized carbons (Fsp3) is 0.385. The van der Waals surface area contributed by atoms with Crippen LogP contribution in [0.3, 0.4) is 0 Å². The maximum atomic E-state index is 13.6. The van der Waals surface area contributed by atoms with Crippen LogP contribution in [0.4, 0.5) is 11.4 Å². The van der Waals surface area contributed by atoms with Gasteiger partial charge in [-0.15, -0.1) is 0 Å². The highest BCUT2D eigenvalue weighted by atomic mass is 35.5. The molecule has 1 aliphatic carbocycles. The zero-order valence-electron chi connectivity index (χ0n) is 19.6. The smallest absolute Gasteiger partial charge is 0.224 e. The van der Waals surface area contributed by atoms with Gasteiger partial charge in [0.15, 0.2) is 5.78 Å². The number of halogens is 2. The van der Waals surface area contributed by atoms with Crippen molar-refractivity contribution in [2.24, 2.45) is 5.41 Å². The van der Waals surface area contributed by atoms with Gasteiger partial charge in [-0.1, -0.05) is 49.2 Å². The minimum Gasteiger partial charge on any atom is -0.357 e. The van der Waals surface area contributed by atoms with E-state index >= 15 is 0 Å². The van der Waals surface area contributed by atoms with Crippen molar-refractivity contribution in [3.63, 3.8) is 0 Å². The molecule has 1 amide bonds. The predicted octanol–water partition coefficient (Wildman–Crippen LogP) is 6.22. The monoisotopic (exact) mass is 485 g/mol. The number of hydrogen-bond donors (Lipinski definition) is 1. The Balaban J connectivity index is 2.00. The molecular formula is C26H29Cl2N3O2. The molecule has 1 heterocycles. The Morgan fingerprint density at radius 3 is 2.52 bits per heavy atom. The number of nitrogens with zero attached hydrogens (tertiary/aromatic N) is 2. The van der Waals surface area contributed by atoms with E-state index in [1.165, 1.54) is 6.92 Å². The largest absolute Gasteiger partial charge is 0.357 e. The molecule has 1 aliphatic heterocycles. The first-order valence-electron chi connectivity index (χ1n) is 11.0. The molecule has 2 aliphatic rings. The van der Waals surface area contributed by atoms with E-state index in [4.69, 9.17) is 23.2 Å². The molecule has 0 saturated heterocycles. The Bertz CT molecular complexity index is 1170. The SMILES string of the molecule is CC(=O)N1c2ccc(CN(C)C)cc2NC2=C(C(=O)CC(C)(C)C2)C1c1ccc(Cl)cc1Cl. The van der Waals surface area contributed by atoms with Gasteiger partial charge in [0.25, 0.3) is 0 Å². The van der Waals surface area contributed by atoms with Crippen LogP contribution in [0.25, 0.3) is 0 Å². The van der Waals surface area contributed by atoms with Crippen LogP contribution < -0.4 is 10.2 Å². The van der Waals surface area contributed by atoms with Crippen molar-refractivity contribution in [1.82, 2.24) is 4.90 Å². The van der Waals surface area contributed by atoms with Crippen molar-refractivity contribution in [2.45, 2.75) is 46.2 Å². The molecule has 5 nitrogen and oxygen atoms in total. The van der Waals surface area contributed by atoms with E-state index in [2.05, 4.69) is 30.1 Å². The van der Waals surface area contributed by atoms with Crippen molar-refractivity contribution in [3.05, 3.63) is 68.8 Å². The summed E-state index contributed by atoms with van der Waals surface area (Å²) in [5.74, 6) is -0.141. The number of carbonyl (C=O) groups is 2. The molecular weight excluding hydrogens is 457 g/mol. The second kappa shape index (κ2) is 8.79. The van der Waals surface area contributed by atoms with Crippen molar-refractivity contribution >= 4 is 46.3 Å². The van der Waals surface area contributed by atoms with Gasteiger partial charge in [-0.05, 0) is 61.3 Å². The lowest BCUT2D eigenvalue weighted by Crippen LogP contribution is -2.38. The van der Waals surface area contributed by atoms with E-state index in [0.29, 0.717) is 34.0 Å². The molecule has 0 spiro atoms. The third-order valence-electron chi connectivity index (χ3n) is 6.15. The van der Waals surface area contributed by atoms with Crippen LogP contribution in [0.15, 0.2) is 47.7 Å². The number of carbonyl (C=O) groups excluding carboxylic acids is 2. The van der Waals surface area contributed by atoms with Crippen molar-refractivity contribution in [2.75, 3.05) is 24.3 Å². The number of rotatable bonds is 3. The molecule has 174 valence electrons. The second-order valence-corrected chi connectivity index (χ2v) is 10.8. The summed E-state index contributed by atoms with van der Waals surface area (Å²) >= 11 is 12.8. The van der Waals surface area contributed by atoms with E-state index in [1.54, 1.807) is 17.0 Å². The van der Waals surface area contributed by atoms with Crippen LogP contribution in [-0.4, -0.2) is 30.7 Å². The fourth-order valence-electron chi connectivity index (χ4n) is 4.92. The normalized spacial score (nSPS) is 19.7. The van der Waals surface area contributed by atoms with Gasteiger partial charge in [0.05, 0.1) is 17.4 Å². The molecule has 1 atom stereocenters. The Kier molecular flexibility index (Phi) is 6.34. The lowest BCUT2D eigenvalue weighted by Gasteiger charge is -2.37. The van der Waals surface area contributed by atoms with Crippen molar-refractivity contribution in [1.29, 1.82) is 0 Å². The Morgan fingerprint density at radius 1 is 1.15 bits per heavy atom. The lowest BCUT2D eigenvalue weighted by atomic mass is 9.73.